The van der Waals surface area contributed by atoms with Gasteiger partial charge in [-0.1, -0.05) is 36.4 Å². The molecule has 3 aromatic carbocycles. The molecule has 1 saturated heterocycles. The summed E-state index contributed by atoms with van der Waals surface area (Å²) in [6.45, 7) is 0.861. The van der Waals surface area contributed by atoms with E-state index in [1.165, 1.54) is 16.6 Å². The van der Waals surface area contributed by atoms with Crippen molar-refractivity contribution < 1.29 is 22.0 Å². The number of carbonyl (C=O) groups excluding carboxylic acids is 1. The minimum absolute atomic E-state index is 0.00640. The van der Waals surface area contributed by atoms with Crippen LogP contribution in [0.4, 0.5) is 14.5 Å². The van der Waals surface area contributed by atoms with E-state index in [9.17, 15) is 27.3 Å². The van der Waals surface area contributed by atoms with Gasteiger partial charge < -0.3 is 5.32 Å². The molecule has 1 aliphatic rings. The summed E-state index contributed by atoms with van der Waals surface area (Å²) in [4.78, 5) is 12.7. The molecular formula is C29H29F2N3O3S. The van der Waals surface area contributed by atoms with Gasteiger partial charge in [0.1, 0.15) is 0 Å². The van der Waals surface area contributed by atoms with Crippen molar-refractivity contribution in [3.8, 4) is 17.2 Å². The molecule has 1 heterocycles. The molecule has 0 saturated carbocycles. The minimum atomic E-state index is -3.26. The average molecular weight is 538 g/mol. The Labute approximate surface area is 222 Å². The van der Waals surface area contributed by atoms with Crippen molar-refractivity contribution >= 4 is 21.6 Å². The predicted octanol–water partition coefficient (Wildman–Crippen LogP) is 5.68. The number of anilines is 1. The number of nitriles is 1. The van der Waals surface area contributed by atoms with Crippen molar-refractivity contribution in [2.24, 2.45) is 5.92 Å². The van der Waals surface area contributed by atoms with Gasteiger partial charge in [0.05, 0.1) is 17.9 Å². The maximum absolute atomic E-state index is 13.5. The Morgan fingerprint density at radius 1 is 1.03 bits per heavy atom. The summed E-state index contributed by atoms with van der Waals surface area (Å²) in [5.74, 6) is -2.13. The second-order valence-electron chi connectivity index (χ2n) is 9.64. The highest BCUT2D eigenvalue weighted by atomic mass is 32.2. The van der Waals surface area contributed by atoms with E-state index in [-0.39, 0.29) is 29.9 Å². The smallest absolute Gasteiger partial charge is 0.224 e. The zero-order chi connectivity index (χ0) is 27.3. The van der Waals surface area contributed by atoms with E-state index in [0.29, 0.717) is 37.9 Å². The molecular weight excluding hydrogens is 508 g/mol. The van der Waals surface area contributed by atoms with E-state index in [2.05, 4.69) is 11.4 Å². The van der Waals surface area contributed by atoms with Crippen LogP contribution in [0.3, 0.4) is 0 Å². The first-order valence-corrected chi connectivity index (χ1v) is 14.3. The Kier molecular flexibility index (Phi) is 8.55. The molecule has 0 aromatic heterocycles. The van der Waals surface area contributed by atoms with Crippen molar-refractivity contribution in [3.05, 3.63) is 89.5 Å². The number of hydrogen-bond donors (Lipinski definition) is 1. The monoisotopic (exact) mass is 537 g/mol. The Balaban J connectivity index is 1.51. The molecule has 0 radical (unpaired) electrons. The van der Waals surface area contributed by atoms with E-state index < -0.39 is 21.7 Å². The van der Waals surface area contributed by atoms with Crippen LogP contribution in [-0.2, 0) is 14.8 Å². The third-order valence-electron chi connectivity index (χ3n) is 7.09. The van der Waals surface area contributed by atoms with Gasteiger partial charge in [0, 0.05) is 31.3 Å². The van der Waals surface area contributed by atoms with E-state index in [1.807, 2.05) is 42.5 Å². The summed E-state index contributed by atoms with van der Waals surface area (Å²) in [5.41, 5.74) is 3.71. The summed E-state index contributed by atoms with van der Waals surface area (Å²) in [6, 6.07) is 20.8. The molecule has 1 amide bonds. The minimum Gasteiger partial charge on any atom is -0.326 e. The van der Waals surface area contributed by atoms with Crippen LogP contribution in [0.25, 0.3) is 11.1 Å². The number of carbonyl (C=O) groups is 1. The highest BCUT2D eigenvalue weighted by Gasteiger charge is 2.31. The third-order valence-corrected chi connectivity index (χ3v) is 8.39. The first-order chi connectivity index (χ1) is 18.1. The van der Waals surface area contributed by atoms with Gasteiger partial charge in [0.2, 0.25) is 15.9 Å². The molecule has 0 spiro atoms. The van der Waals surface area contributed by atoms with Gasteiger partial charge in [-0.05, 0) is 72.1 Å². The Hall–Kier alpha value is -3.61. The molecule has 38 heavy (non-hydrogen) atoms. The zero-order valence-electron chi connectivity index (χ0n) is 21.0. The first-order valence-electron chi connectivity index (χ1n) is 12.4. The van der Waals surface area contributed by atoms with Crippen LogP contribution < -0.4 is 5.32 Å². The van der Waals surface area contributed by atoms with Crippen LogP contribution >= 0.6 is 0 Å². The van der Waals surface area contributed by atoms with Crippen LogP contribution in [0.5, 0.6) is 0 Å². The van der Waals surface area contributed by atoms with E-state index >= 15 is 0 Å². The number of sulfonamides is 1. The largest absolute Gasteiger partial charge is 0.326 e. The van der Waals surface area contributed by atoms with E-state index in [4.69, 9.17) is 0 Å². The van der Waals surface area contributed by atoms with E-state index in [1.54, 1.807) is 6.07 Å². The fourth-order valence-electron chi connectivity index (χ4n) is 5.06. The van der Waals surface area contributed by atoms with Crippen LogP contribution in [-0.4, -0.2) is 38.0 Å². The third kappa shape index (κ3) is 6.82. The summed E-state index contributed by atoms with van der Waals surface area (Å²) >= 11 is 0. The SMILES string of the molecule is CS(=O)(=O)N1CCC(C(CCC(=O)Nc2ccc(F)c(F)c2)c2ccc(-c3cccc(C#N)c3)cc2)CC1. The lowest BCUT2D eigenvalue weighted by Gasteiger charge is -2.35. The number of rotatable bonds is 8. The lowest BCUT2D eigenvalue weighted by Crippen LogP contribution is -2.39. The standard InChI is InChI=1S/C29H29F2N3O3S/c1-38(36,37)34-15-13-23(14-16-34)26(10-12-29(35)33-25-9-11-27(30)28(31)18-25)22-7-5-21(6-8-22)24-4-2-3-20(17-24)19-32/h2-9,11,17-18,23,26H,10,12-16H2,1H3,(H,33,35). The van der Waals surface area contributed by atoms with Crippen LogP contribution in [0.1, 0.15) is 42.7 Å². The molecule has 1 N–H and O–H groups in total. The molecule has 3 aromatic rings. The van der Waals surface area contributed by atoms with Crippen LogP contribution in [0.2, 0.25) is 0 Å². The first kappa shape index (κ1) is 27.4. The molecule has 6 nitrogen and oxygen atoms in total. The second-order valence-corrected chi connectivity index (χ2v) is 11.6. The number of halogens is 2. The zero-order valence-corrected chi connectivity index (χ0v) is 21.8. The average Bonchev–Trinajstić information content (AvgIpc) is 2.91. The van der Waals surface area contributed by atoms with Gasteiger partial charge >= 0.3 is 0 Å². The fraction of sp³-hybridized carbons (Fsp3) is 0.310. The highest BCUT2D eigenvalue weighted by Crippen LogP contribution is 2.37. The molecule has 1 unspecified atom stereocenters. The van der Waals surface area contributed by atoms with Crippen molar-refractivity contribution in [1.29, 1.82) is 5.26 Å². The number of amides is 1. The van der Waals surface area contributed by atoms with Crippen molar-refractivity contribution in [3.63, 3.8) is 0 Å². The number of nitrogens with zero attached hydrogens (tertiary/aromatic N) is 2. The number of hydrogen-bond acceptors (Lipinski definition) is 4. The summed E-state index contributed by atoms with van der Waals surface area (Å²) in [5, 5.41) is 11.8. The maximum Gasteiger partial charge on any atom is 0.224 e. The van der Waals surface area contributed by atoms with Crippen molar-refractivity contribution in [1.82, 2.24) is 4.31 Å². The summed E-state index contributed by atoms with van der Waals surface area (Å²) in [6.07, 6.45) is 3.25. The van der Waals surface area contributed by atoms with Gasteiger partial charge in [0.15, 0.2) is 11.6 Å². The number of piperidine rings is 1. The quantitative estimate of drug-likeness (QED) is 0.401. The maximum atomic E-state index is 13.5. The summed E-state index contributed by atoms with van der Waals surface area (Å²) in [7, 11) is -3.26. The molecule has 1 fully saturated rings. The Bertz CT molecular complexity index is 1440. The molecule has 4 rings (SSSR count). The van der Waals surface area contributed by atoms with Gasteiger partial charge in [-0.25, -0.2) is 21.5 Å². The molecule has 1 aliphatic heterocycles. The van der Waals surface area contributed by atoms with E-state index in [0.717, 1.165) is 28.8 Å². The van der Waals surface area contributed by atoms with Crippen molar-refractivity contribution in [2.75, 3.05) is 24.7 Å². The van der Waals surface area contributed by atoms with Gasteiger partial charge in [-0.15, -0.1) is 0 Å². The van der Waals surface area contributed by atoms with Crippen LogP contribution in [0, 0.1) is 28.9 Å². The van der Waals surface area contributed by atoms with Crippen molar-refractivity contribution in [2.45, 2.75) is 31.6 Å². The molecule has 198 valence electrons. The molecule has 1 atom stereocenters. The van der Waals surface area contributed by atoms with Gasteiger partial charge in [0.25, 0.3) is 0 Å². The Morgan fingerprint density at radius 2 is 1.74 bits per heavy atom. The van der Waals surface area contributed by atoms with Gasteiger partial charge in [-0.2, -0.15) is 5.26 Å². The molecule has 9 heteroatoms. The lowest BCUT2D eigenvalue weighted by atomic mass is 9.77. The van der Waals surface area contributed by atoms with Crippen LogP contribution in [0.15, 0.2) is 66.7 Å². The fourth-order valence-corrected chi connectivity index (χ4v) is 5.93. The normalized spacial score (nSPS) is 15.5. The highest BCUT2D eigenvalue weighted by molar-refractivity contribution is 7.88. The topological polar surface area (TPSA) is 90.3 Å². The number of nitrogens with one attached hydrogen (secondary N) is 1. The number of benzene rings is 3. The Morgan fingerprint density at radius 3 is 2.37 bits per heavy atom. The molecule has 0 aliphatic carbocycles. The summed E-state index contributed by atoms with van der Waals surface area (Å²) < 4.78 is 52.2. The second kappa shape index (κ2) is 11.8. The molecule has 0 bridgehead atoms. The lowest BCUT2D eigenvalue weighted by molar-refractivity contribution is -0.116. The van der Waals surface area contributed by atoms with Gasteiger partial charge in [-0.3, -0.25) is 4.79 Å². The predicted molar refractivity (Wildman–Crippen MR) is 143 cm³/mol.